The zero-order valence-electron chi connectivity index (χ0n) is 11.7. The second-order valence-electron chi connectivity index (χ2n) is 4.56. The van der Waals surface area contributed by atoms with E-state index in [1.165, 1.54) is 19.3 Å². The van der Waals surface area contributed by atoms with Gasteiger partial charge in [0.15, 0.2) is 0 Å². The Morgan fingerprint density at radius 1 is 1.26 bits per heavy atom. The van der Waals surface area contributed by atoms with E-state index in [1.54, 1.807) is 7.11 Å². The number of halogens is 1. The summed E-state index contributed by atoms with van der Waals surface area (Å²) in [7, 11) is 1.60. The molecule has 3 nitrogen and oxygen atoms in total. The van der Waals surface area contributed by atoms with E-state index in [0.29, 0.717) is 12.2 Å². The van der Waals surface area contributed by atoms with E-state index in [0.717, 1.165) is 23.0 Å². The fourth-order valence-corrected chi connectivity index (χ4v) is 2.24. The van der Waals surface area contributed by atoms with Crippen LogP contribution in [0.3, 0.4) is 0 Å². The third-order valence-electron chi connectivity index (χ3n) is 2.94. The van der Waals surface area contributed by atoms with Gasteiger partial charge in [0.25, 0.3) is 0 Å². The second-order valence-corrected chi connectivity index (χ2v) is 5.47. The van der Waals surface area contributed by atoms with Crippen LogP contribution in [0.25, 0.3) is 0 Å². The van der Waals surface area contributed by atoms with E-state index in [9.17, 15) is 4.79 Å². The van der Waals surface area contributed by atoms with Crippen LogP contribution in [-0.4, -0.2) is 13.0 Å². The Bertz CT molecular complexity index is 407. The quantitative estimate of drug-likeness (QED) is 0.699. The minimum atomic E-state index is 0.0490. The van der Waals surface area contributed by atoms with Gasteiger partial charge in [0.1, 0.15) is 5.75 Å². The highest BCUT2D eigenvalue weighted by Crippen LogP contribution is 2.28. The molecule has 4 heteroatoms. The van der Waals surface area contributed by atoms with Crippen LogP contribution in [0, 0.1) is 0 Å². The summed E-state index contributed by atoms with van der Waals surface area (Å²) in [4.78, 5) is 11.8. The fourth-order valence-electron chi connectivity index (χ4n) is 1.88. The summed E-state index contributed by atoms with van der Waals surface area (Å²) in [5.41, 5.74) is 0.718. The molecule has 0 aliphatic carbocycles. The summed E-state index contributed by atoms with van der Waals surface area (Å²) < 4.78 is 6.15. The summed E-state index contributed by atoms with van der Waals surface area (Å²) in [6.45, 7) is 2.19. The van der Waals surface area contributed by atoms with Crippen molar-refractivity contribution >= 4 is 27.5 Å². The van der Waals surface area contributed by atoms with Gasteiger partial charge < -0.3 is 10.1 Å². The molecule has 0 fully saturated rings. The van der Waals surface area contributed by atoms with Gasteiger partial charge in [0, 0.05) is 10.9 Å². The van der Waals surface area contributed by atoms with Crippen molar-refractivity contribution in [1.82, 2.24) is 0 Å². The van der Waals surface area contributed by atoms with Gasteiger partial charge in [-0.1, -0.05) is 48.5 Å². The monoisotopic (exact) mass is 327 g/mol. The molecule has 1 aromatic rings. The van der Waals surface area contributed by atoms with Crippen LogP contribution in [0.5, 0.6) is 5.75 Å². The third-order valence-corrected chi connectivity index (χ3v) is 3.44. The molecule has 0 heterocycles. The number of ether oxygens (including phenoxy) is 1. The lowest BCUT2D eigenvalue weighted by Gasteiger charge is -2.10. The van der Waals surface area contributed by atoms with E-state index in [2.05, 4.69) is 28.2 Å². The number of carbonyl (C=O) groups excluding carboxylic acids is 1. The van der Waals surface area contributed by atoms with Gasteiger partial charge in [-0.15, -0.1) is 0 Å². The molecule has 0 radical (unpaired) electrons. The lowest BCUT2D eigenvalue weighted by molar-refractivity contribution is -0.116. The molecule has 1 amide bonds. The lowest BCUT2D eigenvalue weighted by Crippen LogP contribution is -2.11. The van der Waals surface area contributed by atoms with E-state index in [4.69, 9.17) is 4.74 Å². The lowest BCUT2D eigenvalue weighted by atomic mass is 10.1. The number of hydrogen-bond donors (Lipinski definition) is 1. The largest absolute Gasteiger partial charge is 0.495 e. The van der Waals surface area contributed by atoms with Crippen molar-refractivity contribution in [2.75, 3.05) is 12.4 Å². The van der Waals surface area contributed by atoms with Gasteiger partial charge in [0.05, 0.1) is 12.8 Å². The molecule has 0 atom stereocenters. The molecular weight excluding hydrogens is 306 g/mol. The van der Waals surface area contributed by atoms with Crippen molar-refractivity contribution in [3.63, 3.8) is 0 Å². The molecular formula is C15H22BrNO2. The maximum Gasteiger partial charge on any atom is 0.224 e. The topological polar surface area (TPSA) is 38.3 Å². The van der Waals surface area contributed by atoms with Crippen molar-refractivity contribution < 1.29 is 9.53 Å². The predicted octanol–water partition coefficient (Wildman–Crippen LogP) is 4.76. The summed E-state index contributed by atoms with van der Waals surface area (Å²) in [6.07, 6.45) is 6.32. The highest BCUT2D eigenvalue weighted by molar-refractivity contribution is 9.10. The fraction of sp³-hybridized carbons (Fsp3) is 0.533. The zero-order chi connectivity index (χ0) is 14.1. The molecule has 19 heavy (non-hydrogen) atoms. The van der Waals surface area contributed by atoms with Crippen LogP contribution >= 0.6 is 15.9 Å². The molecule has 106 valence electrons. The van der Waals surface area contributed by atoms with Crippen LogP contribution in [0.2, 0.25) is 0 Å². The smallest absolute Gasteiger partial charge is 0.224 e. The van der Waals surface area contributed by atoms with Gasteiger partial charge in [-0.25, -0.2) is 0 Å². The number of methoxy groups -OCH3 is 1. The summed E-state index contributed by atoms with van der Waals surface area (Å²) in [6, 6.07) is 5.58. The van der Waals surface area contributed by atoms with Crippen molar-refractivity contribution in [3.05, 3.63) is 22.7 Å². The predicted molar refractivity (Wildman–Crippen MR) is 82.7 cm³/mol. The first-order valence-electron chi connectivity index (χ1n) is 6.80. The zero-order valence-corrected chi connectivity index (χ0v) is 13.3. The number of unbranched alkanes of at least 4 members (excludes halogenated alkanes) is 4. The average molecular weight is 328 g/mol. The SMILES string of the molecule is CCCCCCCC(=O)Nc1cc(Br)ccc1OC. The molecule has 0 aliphatic rings. The maximum atomic E-state index is 11.8. The van der Waals surface area contributed by atoms with Gasteiger partial charge in [-0.3, -0.25) is 4.79 Å². The van der Waals surface area contributed by atoms with E-state index in [1.807, 2.05) is 18.2 Å². The van der Waals surface area contributed by atoms with Crippen molar-refractivity contribution in [2.24, 2.45) is 0 Å². The molecule has 0 unspecified atom stereocenters. The number of carbonyl (C=O) groups is 1. The summed E-state index contributed by atoms with van der Waals surface area (Å²) in [5.74, 6) is 0.732. The van der Waals surface area contributed by atoms with E-state index < -0.39 is 0 Å². The number of benzene rings is 1. The average Bonchev–Trinajstić information content (AvgIpc) is 2.39. The van der Waals surface area contributed by atoms with Gasteiger partial charge >= 0.3 is 0 Å². The Kier molecular flexibility index (Phi) is 7.56. The molecule has 0 saturated heterocycles. The Morgan fingerprint density at radius 3 is 2.68 bits per heavy atom. The van der Waals surface area contributed by atoms with Gasteiger partial charge in [-0.2, -0.15) is 0 Å². The van der Waals surface area contributed by atoms with E-state index >= 15 is 0 Å². The molecule has 0 aliphatic heterocycles. The minimum absolute atomic E-state index is 0.0490. The molecule has 0 saturated carbocycles. The Morgan fingerprint density at radius 2 is 2.00 bits per heavy atom. The first-order valence-corrected chi connectivity index (χ1v) is 7.60. The normalized spacial score (nSPS) is 10.3. The van der Waals surface area contributed by atoms with Crippen LogP contribution in [0.15, 0.2) is 22.7 Å². The minimum Gasteiger partial charge on any atom is -0.495 e. The van der Waals surface area contributed by atoms with Crippen LogP contribution < -0.4 is 10.1 Å². The molecule has 0 spiro atoms. The third kappa shape index (κ3) is 6.10. The van der Waals surface area contributed by atoms with Crippen molar-refractivity contribution in [3.8, 4) is 5.75 Å². The van der Waals surface area contributed by atoms with E-state index in [-0.39, 0.29) is 5.91 Å². The highest BCUT2D eigenvalue weighted by atomic mass is 79.9. The molecule has 1 aromatic carbocycles. The standard InChI is InChI=1S/C15H22BrNO2/c1-3-4-5-6-7-8-15(18)17-13-11-12(16)9-10-14(13)19-2/h9-11H,3-8H2,1-2H3,(H,17,18). The highest BCUT2D eigenvalue weighted by Gasteiger charge is 2.07. The Labute approximate surface area is 123 Å². The second kappa shape index (κ2) is 8.97. The number of nitrogens with one attached hydrogen (secondary N) is 1. The maximum absolute atomic E-state index is 11.8. The first-order chi connectivity index (χ1) is 9.17. The molecule has 0 aromatic heterocycles. The molecule has 0 bridgehead atoms. The summed E-state index contributed by atoms with van der Waals surface area (Å²) >= 11 is 3.39. The molecule has 1 rings (SSSR count). The Hall–Kier alpha value is -1.03. The van der Waals surface area contributed by atoms with Crippen LogP contribution in [-0.2, 0) is 4.79 Å². The Balaban J connectivity index is 2.41. The number of hydrogen-bond acceptors (Lipinski definition) is 2. The van der Waals surface area contributed by atoms with Gasteiger partial charge in [-0.05, 0) is 24.6 Å². The number of amides is 1. The van der Waals surface area contributed by atoms with Crippen LogP contribution in [0.4, 0.5) is 5.69 Å². The number of anilines is 1. The first kappa shape index (κ1) is 16.0. The molecule has 1 N–H and O–H groups in total. The van der Waals surface area contributed by atoms with Crippen molar-refractivity contribution in [2.45, 2.75) is 45.4 Å². The van der Waals surface area contributed by atoms with Crippen LogP contribution in [0.1, 0.15) is 45.4 Å². The summed E-state index contributed by atoms with van der Waals surface area (Å²) in [5, 5.41) is 2.90. The number of rotatable bonds is 8. The van der Waals surface area contributed by atoms with Gasteiger partial charge in [0.2, 0.25) is 5.91 Å². The van der Waals surface area contributed by atoms with Crippen molar-refractivity contribution in [1.29, 1.82) is 0 Å².